The number of sulfonamides is 1. The Hall–Kier alpha value is -4.07. The second-order valence-electron chi connectivity index (χ2n) is 9.77. The molecule has 0 saturated carbocycles. The van der Waals surface area contributed by atoms with E-state index in [1.165, 1.54) is 24.3 Å². The predicted octanol–water partition coefficient (Wildman–Crippen LogP) is 1.20. The van der Waals surface area contributed by atoms with Gasteiger partial charge in [-0.1, -0.05) is 18.2 Å². The zero-order chi connectivity index (χ0) is 28.4. The number of ketones is 2. The SMILES string of the molecule is NC(=O)C1=C(O)C[C@@H]2CC3Cc4c(F)c(CNS(=O)(=O)c5ccccc5)cc(O)c4C(=O)C3=C(O)[C@]2(O)C1=O. The fraction of sp³-hybridized carbons (Fsp3) is 0.269. The van der Waals surface area contributed by atoms with Gasteiger partial charge in [0.2, 0.25) is 15.8 Å². The molecule has 0 heterocycles. The monoisotopic (exact) mass is 558 g/mol. The summed E-state index contributed by atoms with van der Waals surface area (Å²) in [7, 11) is -4.01. The van der Waals surface area contributed by atoms with Gasteiger partial charge in [-0.2, -0.15) is 0 Å². The van der Waals surface area contributed by atoms with E-state index in [1.807, 2.05) is 0 Å². The second-order valence-corrected chi connectivity index (χ2v) is 11.5. The molecule has 2 aromatic rings. The highest BCUT2D eigenvalue weighted by Crippen LogP contribution is 2.51. The van der Waals surface area contributed by atoms with Crippen LogP contribution in [-0.4, -0.2) is 51.9 Å². The van der Waals surface area contributed by atoms with Gasteiger partial charge in [0.25, 0.3) is 5.91 Å². The number of benzene rings is 2. The van der Waals surface area contributed by atoms with Gasteiger partial charge in [0, 0.05) is 35.6 Å². The average molecular weight is 559 g/mol. The average Bonchev–Trinajstić information content (AvgIpc) is 2.87. The number of hydrogen-bond acceptors (Lipinski definition) is 9. The molecule has 1 unspecified atom stereocenters. The minimum Gasteiger partial charge on any atom is -0.511 e. The molecule has 1 amide bonds. The number of nitrogens with one attached hydrogen (secondary N) is 1. The quantitative estimate of drug-likeness (QED) is 0.291. The molecule has 11 nitrogen and oxygen atoms in total. The fourth-order valence-corrected chi connectivity index (χ4v) is 6.73. The molecule has 39 heavy (non-hydrogen) atoms. The summed E-state index contributed by atoms with van der Waals surface area (Å²) in [6, 6.07) is 8.24. The molecule has 5 rings (SSSR count). The lowest BCUT2D eigenvalue weighted by molar-refractivity contribution is -0.144. The zero-order valence-corrected chi connectivity index (χ0v) is 21.0. The summed E-state index contributed by atoms with van der Waals surface area (Å²) < 4.78 is 43.0. The molecule has 0 aromatic heterocycles. The van der Waals surface area contributed by atoms with Gasteiger partial charge >= 0.3 is 0 Å². The van der Waals surface area contributed by atoms with E-state index in [4.69, 9.17) is 5.73 Å². The summed E-state index contributed by atoms with van der Waals surface area (Å²) in [5.74, 6) is -9.14. The van der Waals surface area contributed by atoms with Crippen molar-refractivity contribution in [2.45, 2.75) is 36.3 Å². The van der Waals surface area contributed by atoms with Crippen LogP contribution in [0.1, 0.15) is 34.3 Å². The number of aliphatic hydroxyl groups excluding tert-OH is 2. The number of amides is 1. The lowest BCUT2D eigenvalue weighted by Gasteiger charge is -2.45. The number of phenolic OH excluding ortho intramolecular Hbond substituents is 1. The second kappa shape index (κ2) is 9.00. The van der Waals surface area contributed by atoms with Crippen LogP contribution in [0.4, 0.5) is 4.39 Å². The summed E-state index contributed by atoms with van der Waals surface area (Å²) in [4.78, 5) is 38.0. The highest BCUT2D eigenvalue weighted by atomic mass is 32.2. The van der Waals surface area contributed by atoms with E-state index in [0.717, 1.165) is 6.07 Å². The number of rotatable bonds is 5. The third kappa shape index (κ3) is 3.92. The van der Waals surface area contributed by atoms with Crippen molar-refractivity contribution in [3.8, 4) is 5.75 Å². The van der Waals surface area contributed by atoms with Crippen LogP contribution in [0.25, 0.3) is 0 Å². The van der Waals surface area contributed by atoms with Crippen molar-refractivity contribution in [3.63, 3.8) is 0 Å². The molecule has 0 saturated heterocycles. The van der Waals surface area contributed by atoms with Crippen LogP contribution in [0.5, 0.6) is 5.75 Å². The molecule has 0 radical (unpaired) electrons. The minimum atomic E-state index is -4.01. The molecule has 3 atom stereocenters. The lowest BCUT2D eigenvalue weighted by Crippen LogP contribution is -2.57. The van der Waals surface area contributed by atoms with Crippen LogP contribution in [0, 0.1) is 17.7 Å². The third-order valence-corrected chi connectivity index (χ3v) is 8.99. The Morgan fingerprint density at radius 3 is 2.44 bits per heavy atom. The number of allylic oxidation sites excluding steroid dienone is 2. The van der Waals surface area contributed by atoms with Gasteiger partial charge in [-0.25, -0.2) is 17.5 Å². The molecule has 0 fully saturated rings. The standard InChI is InChI=1S/C26H23FN2O9S/c27-21-12(10-29-39(37,38)14-4-2-1-3-5-14)8-16(30)19-15(21)7-11-6-13-9-17(31)20(25(28)35)24(34)26(13,36)23(33)18(11)22(19)32/h1-5,8,11,13,29-31,33,36H,6-7,9-10H2,(H2,28,35)/t11?,13-,26-/m0/s1. The lowest BCUT2D eigenvalue weighted by atomic mass is 9.60. The number of carbonyl (C=O) groups is 3. The highest BCUT2D eigenvalue weighted by Gasteiger charge is 2.59. The summed E-state index contributed by atoms with van der Waals surface area (Å²) >= 11 is 0. The number of primary amides is 1. The Morgan fingerprint density at radius 2 is 1.79 bits per heavy atom. The third-order valence-electron chi connectivity index (χ3n) is 7.58. The largest absolute Gasteiger partial charge is 0.511 e. The maximum Gasteiger partial charge on any atom is 0.255 e. The number of phenols is 1. The van der Waals surface area contributed by atoms with Gasteiger partial charge in [0.05, 0.1) is 10.5 Å². The predicted molar refractivity (Wildman–Crippen MR) is 131 cm³/mol. The molecular formula is C26H23FN2O9S. The summed E-state index contributed by atoms with van der Waals surface area (Å²) in [6.45, 7) is -0.540. The van der Waals surface area contributed by atoms with E-state index < -0.39 is 97.7 Å². The van der Waals surface area contributed by atoms with Gasteiger partial charge < -0.3 is 26.2 Å². The topological polar surface area (TPSA) is 204 Å². The van der Waals surface area contributed by atoms with Crippen molar-refractivity contribution in [3.05, 3.63) is 81.6 Å². The van der Waals surface area contributed by atoms with Gasteiger partial charge in [0.15, 0.2) is 11.4 Å². The first kappa shape index (κ1) is 26.5. The van der Waals surface area contributed by atoms with Crippen LogP contribution in [0.3, 0.4) is 0 Å². The van der Waals surface area contributed by atoms with Crippen LogP contribution in [-0.2, 0) is 32.6 Å². The number of aliphatic hydroxyl groups is 3. The number of hydrogen-bond donors (Lipinski definition) is 6. The molecule has 204 valence electrons. The van der Waals surface area contributed by atoms with Crippen molar-refractivity contribution < 1.29 is 47.6 Å². The van der Waals surface area contributed by atoms with Gasteiger partial charge in [-0.05, 0) is 37.0 Å². The summed E-state index contributed by atoms with van der Waals surface area (Å²) in [6.07, 6.45) is -0.814. The first-order valence-corrected chi connectivity index (χ1v) is 13.3. The Morgan fingerprint density at radius 1 is 1.13 bits per heavy atom. The first-order valence-electron chi connectivity index (χ1n) is 11.8. The maximum absolute atomic E-state index is 15.6. The van der Waals surface area contributed by atoms with Crippen molar-refractivity contribution in [1.82, 2.24) is 4.72 Å². The van der Waals surface area contributed by atoms with Crippen molar-refractivity contribution in [2.24, 2.45) is 17.6 Å². The van der Waals surface area contributed by atoms with Crippen LogP contribution >= 0.6 is 0 Å². The van der Waals surface area contributed by atoms with Crippen LogP contribution < -0.4 is 10.5 Å². The highest BCUT2D eigenvalue weighted by molar-refractivity contribution is 7.89. The smallest absolute Gasteiger partial charge is 0.255 e. The zero-order valence-electron chi connectivity index (χ0n) is 20.1. The van der Waals surface area contributed by atoms with Gasteiger partial charge in [-0.15, -0.1) is 0 Å². The van der Waals surface area contributed by atoms with Crippen LogP contribution in [0.2, 0.25) is 0 Å². The number of halogens is 1. The molecule has 13 heteroatoms. The van der Waals surface area contributed by atoms with E-state index in [1.54, 1.807) is 6.07 Å². The minimum absolute atomic E-state index is 0.0541. The number of carbonyl (C=O) groups excluding carboxylic acids is 3. The molecular weight excluding hydrogens is 535 g/mol. The van der Waals surface area contributed by atoms with Gasteiger partial charge in [0.1, 0.15) is 28.7 Å². The molecule has 3 aliphatic rings. The van der Waals surface area contributed by atoms with Crippen molar-refractivity contribution in [2.75, 3.05) is 0 Å². The molecule has 0 bridgehead atoms. The van der Waals surface area contributed by atoms with Crippen LogP contribution in [0.15, 0.2) is 64.0 Å². The normalized spacial score (nSPS) is 24.8. The first-order chi connectivity index (χ1) is 18.3. The molecule has 0 spiro atoms. The van der Waals surface area contributed by atoms with Gasteiger partial charge in [-0.3, -0.25) is 14.4 Å². The molecule has 3 aliphatic carbocycles. The Balaban J connectivity index is 1.53. The Bertz CT molecular complexity index is 1630. The number of Topliss-reactive ketones (excluding diaryl/α,β-unsaturated/α-hetero) is 2. The number of nitrogens with two attached hydrogens (primary N) is 1. The molecule has 2 aromatic carbocycles. The van der Waals surface area contributed by atoms with E-state index in [-0.39, 0.29) is 28.9 Å². The Labute approximate surface area is 221 Å². The summed E-state index contributed by atoms with van der Waals surface area (Å²) in [5, 5.41) is 43.1. The maximum atomic E-state index is 15.6. The fourth-order valence-electron chi connectivity index (χ4n) is 5.71. The summed E-state index contributed by atoms with van der Waals surface area (Å²) in [5.41, 5.74) is 0.168. The molecule has 7 N–H and O–H groups in total. The number of aromatic hydroxyl groups is 1. The van der Waals surface area contributed by atoms with E-state index in [0.29, 0.717) is 0 Å². The molecule has 0 aliphatic heterocycles. The number of fused-ring (bicyclic) bond motifs is 3. The van der Waals surface area contributed by atoms with E-state index >= 15 is 4.39 Å². The Kier molecular flexibility index (Phi) is 6.12. The van der Waals surface area contributed by atoms with Crippen molar-refractivity contribution in [1.29, 1.82) is 0 Å². The van der Waals surface area contributed by atoms with Crippen molar-refractivity contribution >= 4 is 27.5 Å². The van der Waals surface area contributed by atoms with E-state index in [9.17, 15) is 43.2 Å². The van der Waals surface area contributed by atoms with E-state index in [2.05, 4.69) is 4.72 Å².